The highest BCUT2D eigenvalue weighted by Gasteiger charge is 2.37. The van der Waals surface area contributed by atoms with Crippen molar-refractivity contribution in [3.63, 3.8) is 0 Å². The number of aromatic nitrogens is 1. The average Bonchev–Trinajstić information content (AvgIpc) is 3.34. The Balaban J connectivity index is 2.09. The Morgan fingerprint density at radius 1 is 0.860 bits per heavy atom. The van der Waals surface area contributed by atoms with E-state index in [1.807, 2.05) is 38.1 Å². The van der Waals surface area contributed by atoms with E-state index < -0.39 is 72.1 Å². The van der Waals surface area contributed by atoms with Crippen LogP contribution in [0.15, 0.2) is 30.5 Å². The number of H-pyrrole nitrogens is 1. The van der Waals surface area contributed by atoms with E-state index in [0.717, 1.165) is 15.8 Å². The van der Waals surface area contributed by atoms with Crippen LogP contribution in [-0.4, -0.2) is 87.8 Å². The lowest BCUT2D eigenvalue weighted by atomic mass is 9.98. The van der Waals surface area contributed by atoms with Crippen LogP contribution in [0, 0.1) is 11.8 Å². The van der Waals surface area contributed by atoms with Crippen molar-refractivity contribution in [2.24, 2.45) is 11.8 Å². The summed E-state index contributed by atoms with van der Waals surface area (Å²) in [7, 11) is 1.32. The Bertz CT molecular complexity index is 1370. The predicted molar refractivity (Wildman–Crippen MR) is 159 cm³/mol. The van der Waals surface area contributed by atoms with Crippen molar-refractivity contribution in [3.8, 4) is 0 Å². The number of carboxylic acid groups (broad SMARTS) is 1. The molecule has 0 saturated carbocycles. The fourth-order valence-corrected chi connectivity index (χ4v) is 5.03. The van der Waals surface area contributed by atoms with Gasteiger partial charge in [-0.1, -0.05) is 45.9 Å². The normalized spacial score (nSPS) is 24.7. The van der Waals surface area contributed by atoms with Gasteiger partial charge in [0.05, 0.1) is 6.42 Å². The summed E-state index contributed by atoms with van der Waals surface area (Å²) in [4.78, 5) is 83.3. The molecule has 0 spiro atoms. The van der Waals surface area contributed by atoms with Crippen molar-refractivity contribution in [2.75, 3.05) is 7.05 Å². The maximum atomic E-state index is 13.7. The Morgan fingerprint density at radius 2 is 1.47 bits per heavy atom. The highest BCUT2D eigenvalue weighted by molar-refractivity contribution is 5.99. The number of aromatic amines is 1. The van der Waals surface area contributed by atoms with Gasteiger partial charge in [-0.15, -0.1) is 0 Å². The number of nitrogens with one attached hydrogen (secondary N) is 5. The summed E-state index contributed by atoms with van der Waals surface area (Å²) in [5, 5.41) is 21.0. The lowest BCUT2D eigenvalue weighted by Crippen LogP contribution is -2.59. The second kappa shape index (κ2) is 14.2. The van der Waals surface area contributed by atoms with Crippen LogP contribution in [0.2, 0.25) is 0 Å². The van der Waals surface area contributed by atoms with Crippen molar-refractivity contribution in [2.45, 2.75) is 84.1 Å². The molecular weight excluding hydrogens is 556 g/mol. The molecule has 1 aromatic carbocycles. The number of aliphatic carboxylic acids is 1. The van der Waals surface area contributed by atoms with E-state index >= 15 is 0 Å². The standard InChI is InChI=1S/C30H42N6O7/c1-15(2)11-21-27(40)32-22(12-18-14-31-20-10-8-7-9-19(18)20)28(41)34-23(13-24(37)38)30(43)36(6)17(5)26(39)35-25(16(3)4)29(42)33-21/h7-10,14-17,21-23,25,31H,11-13H2,1-6H3,(H,32,40)(H,33,42)(H,34,41)(H,35,39)(H,37,38)/t17-,21-,22+,23+,25+/m0/s1. The van der Waals surface area contributed by atoms with Crippen LogP contribution >= 0.6 is 0 Å². The van der Waals surface area contributed by atoms with Crippen LogP contribution in [0.25, 0.3) is 10.9 Å². The van der Waals surface area contributed by atoms with Gasteiger partial charge in [0.1, 0.15) is 30.2 Å². The smallest absolute Gasteiger partial charge is 0.305 e. The van der Waals surface area contributed by atoms with Gasteiger partial charge in [-0.05, 0) is 36.8 Å². The Kier molecular flexibility index (Phi) is 10.9. The van der Waals surface area contributed by atoms with E-state index in [2.05, 4.69) is 26.3 Å². The molecule has 6 N–H and O–H groups in total. The lowest BCUT2D eigenvalue weighted by Gasteiger charge is -2.30. The highest BCUT2D eigenvalue weighted by Crippen LogP contribution is 2.20. The topological polar surface area (TPSA) is 190 Å². The van der Waals surface area contributed by atoms with Crippen LogP contribution < -0.4 is 21.3 Å². The van der Waals surface area contributed by atoms with Gasteiger partial charge >= 0.3 is 5.97 Å². The molecule has 0 radical (unpaired) electrons. The number of fused-ring (bicyclic) bond motifs is 1. The van der Waals surface area contributed by atoms with Crippen LogP contribution in [0.5, 0.6) is 0 Å². The number of amides is 5. The summed E-state index contributed by atoms with van der Waals surface area (Å²) in [5.74, 6) is -5.18. The zero-order valence-corrected chi connectivity index (χ0v) is 25.4. The fraction of sp³-hybridized carbons (Fsp3) is 0.533. The molecule has 13 nitrogen and oxygen atoms in total. The number of carbonyl (C=O) groups excluding carboxylic acids is 5. The molecule has 13 heteroatoms. The summed E-state index contributed by atoms with van der Waals surface area (Å²) < 4.78 is 0. The van der Waals surface area contributed by atoms with Gasteiger partial charge in [-0.2, -0.15) is 0 Å². The third-order valence-electron chi connectivity index (χ3n) is 7.62. The van der Waals surface area contributed by atoms with Crippen LogP contribution in [-0.2, 0) is 35.2 Å². The molecule has 5 amide bonds. The molecule has 1 aliphatic rings. The monoisotopic (exact) mass is 598 g/mol. The Morgan fingerprint density at radius 3 is 2.09 bits per heavy atom. The van der Waals surface area contributed by atoms with Crippen molar-refractivity contribution < 1.29 is 33.9 Å². The van der Waals surface area contributed by atoms with E-state index in [1.165, 1.54) is 14.0 Å². The average molecular weight is 599 g/mol. The maximum Gasteiger partial charge on any atom is 0.305 e. The molecule has 0 aliphatic carbocycles. The van der Waals surface area contributed by atoms with Crippen molar-refractivity contribution in [1.29, 1.82) is 0 Å². The number of hydrogen-bond acceptors (Lipinski definition) is 6. The van der Waals surface area contributed by atoms with E-state index in [-0.39, 0.29) is 24.7 Å². The minimum Gasteiger partial charge on any atom is -0.481 e. The Hall–Kier alpha value is -4.42. The van der Waals surface area contributed by atoms with Crippen molar-refractivity contribution >= 4 is 46.4 Å². The number of nitrogens with zero attached hydrogens (tertiary/aromatic N) is 1. The molecule has 1 fully saturated rings. The van der Waals surface area contributed by atoms with Crippen LogP contribution in [0.3, 0.4) is 0 Å². The zero-order chi connectivity index (χ0) is 32.0. The van der Waals surface area contributed by atoms with Gasteiger partial charge in [0.15, 0.2) is 0 Å². The largest absolute Gasteiger partial charge is 0.481 e. The number of para-hydroxylation sites is 1. The summed E-state index contributed by atoms with van der Waals surface area (Å²) in [6.07, 6.45) is 1.23. The first kappa shape index (κ1) is 33.1. The lowest BCUT2D eigenvalue weighted by molar-refractivity contribution is -0.146. The zero-order valence-electron chi connectivity index (χ0n) is 25.4. The van der Waals surface area contributed by atoms with Gasteiger partial charge in [0.25, 0.3) is 0 Å². The summed E-state index contributed by atoms with van der Waals surface area (Å²) >= 11 is 0. The molecule has 2 heterocycles. The third kappa shape index (κ3) is 8.33. The first-order valence-electron chi connectivity index (χ1n) is 14.4. The molecule has 1 aromatic heterocycles. The van der Waals surface area contributed by atoms with E-state index in [9.17, 15) is 33.9 Å². The number of rotatable bonds is 7. The van der Waals surface area contributed by atoms with Crippen molar-refractivity contribution in [1.82, 2.24) is 31.2 Å². The first-order chi connectivity index (χ1) is 20.2. The van der Waals surface area contributed by atoms with Gasteiger partial charge in [-0.25, -0.2) is 0 Å². The van der Waals surface area contributed by atoms with E-state index in [4.69, 9.17) is 0 Å². The molecule has 43 heavy (non-hydrogen) atoms. The molecule has 234 valence electrons. The third-order valence-corrected chi connectivity index (χ3v) is 7.62. The number of likely N-dealkylation sites (N-methyl/N-ethyl adjacent to an activating group) is 1. The summed E-state index contributed by atoms with van der Waals surface area (Å²) in [6.45, 7) is 8.67. The number of carboxylic acids is 1. The molecule has 0 bridgehead atoms. The second-order valence-corrected chi connectivity index (χ2v) is 11.8. The molecule has 0 unspecified atom stereocenters. The fourth-order valence-electron chi connectivity index (χ4n) is 5.03. The SMILES string of the molecule is CC(C)C[C@@H]1NC(=O)[C@@H](C(C)C)NC(=O)[C@H](C)N(C)C(=O)[C@@H](CC(=O)O)NC(=O)[C@@H](Cc2c[nH]c3ccccc23)NC1=O. The van der Waals surface area contributed by atoms with Gasteiger partial charge in [-0.3, -0.25) is 28.8 Å². The predicted octanol–water partition coefficient (Wildman–Crippen LogP) is 0.687. The first-order valence-corrected chi connectivity index (χ1v) is 14.4. The second-order valence-electron chi connectivity index (χ2n) is 11.8. The van der Waals surface area contributed by atoms with E-state index in [1.54, 1.807) is 20.0 Å². The molecule has 5 atom stereocenters. The quantitative estimate of drug-likeness (QED) is 0.270. The molecule has 2 aromatic rings. The van der Waals surface area contributed by atoms with E-state index in [0.29, 0.717) is 5.56 Å². The molecule has 1 aliphatic heterocycles. The summed E-state index contributed by atoms with van der Waals surface area (Å²) in [5.41, 5.74) is 1.53. The Labute approximate surface area is 250 Å². The van der Waals surface area contributed by atoms with Gasteiger partial charge in [0, 0.05) is 30.6 Å². The van der Waals surface area contributed by atoms with Gasteiger partial charge < -0.3 is 36.3 Å². The van der Waals surface area contributed by atoms with Gasteiger partial charge in [0.2, 0.25) is 29.5 Å². The van der Waals surface area contributed by atoms with Crippen LogP contribution in [0.4, 0.5) is 0 Å². The molecular formula is C30H42N6O7. The number of hydrogen-bond donors (Lipinski definition) is 6. The summed E-state index contributed by atoms with van der Waals surface area (Å²) in [6, 6.07) is 1.49. The van der Waals surface area contributed by atoms with Crippen LogP contribution in [0.1, 0.15) is 53.0 Å². The number of carbonyl (C=O) groups is 6. The highest BCUT2D eigenvalue weighted by atomic mass is 16.4. The minimum absolute atomic E-state index is 0.0127. The molecule has 3 rings (SSSR count). The molecule has 1 saturated heterocycles. The minimum atomic E-state index is -1.52. The van der Waals surface area contributed by atoms with Crippen molar-refractivity contribution in [3.05, 3.63) is 36.0 Å². The number of benzene rings is 1. The maximum absolute atomic E-state index is 13.7.